The van der Waals surface area contributed by atoms with E-state index >= 15 is 0 Å². The minimum absolute atomic E-state index is 0.159. The summed E-state index contributed by atoms with van der Waals surface area (Å²) in [7, 11) is 0. The molecule has 3 heteroatoms. The van der Waals surface area contributed by atoms with Gasteiger partial charge in [0.15, 0.2) is 0 Å². The van der Waals surface area contributed by atoms with Crippen LogP contribution in [0.15, 0.2) is 36.9 Å². The molecule has 1 aromatic rings. The highest BCUT2D eigenvalue weighted by Crippen LogP contribution is 2.29. The third-order valence-corrected chi connectivity index (χ3v) is 3.54. The molecular formula is C16H22FNO. The third kappa shape index (κ3) is 4.44. The van der Waals surface area contributed by atoms with Crippen LogP contribution in [0, 0.1) is 5.82 Å². The molecule has 1 fully saturated rings. The van der Waals surface area contributed by atoms with E-state index in [0.717, 1.165) is 25.7 Å². The molecule has 0 heterocycles. The third-order valence-electron chi connectivity index (χ3n) is 3.54. The first kappa shape index (κ1) is 14.2. The first-order valence-electron chi connectivity index (χ1n) is 6.97. The summed E-state index contributed by atoms with van der Waals surface area (Å²) in [5.41, 5.74) is 0.713. The molecule has 2 nitrogen and oxygen atoms in total. The number of hydrogen-bond donors (Lipinski definition) is 1. The molecule has 1 unspecified atom stereocenters. The Kier molecular flexibility index (Phi) is 5.11. The Morgan fingerprint density at radius 1 is 1.42 bits per heavy atom. The van der Waals surface area contributed by atoms with E-state index in [2.05, 4.69) is 11.5 Å². The Balaban J connectivity index is 1.93. The fourth-order valence-corrected chi connectivity index (χ4v) is 2.30. The van der Waals surface area contributed by atoms with Gasteiger partial charge in [0, 0.05) is 24.7 Å². The van der Waals surface area contributed by atoms with Crippen LogP contribution in [-0.4, -0.2) is 28.7 Å². The molecule has 1 saturated carbocycles. The summed E-state index contributed by atoms with van der Waals surface area (Å²) in [5, 5.41) is 9.99. The summed E-state index contributed by atoms with van der Waals surface area (Å²) in [6.07, 6.45) is 5.32. The molecule has 2 rings (SSSR count). The minimum Gasteiger partial charge on any atom is -0.392 e. The summed E-state index contributed by atoms with van der Waals surface area (Å²) in [4.78, 5) is 2.20. The summed E-state index contributed by atoms with van der Waals surface area (Å²) in [5.74, 6) is -0.159. The molecule has 0 amide bonds. The van der Waals surface area contributed by atoms with Crippen molar-refractivity contribution in [2.45, 2.75) is 44.4 Å². The van der Waals surface area contributed by atoms with Crippen molar-refractivity contribution in [2.24, 2.45) is 0 Å². The van der Waals surface area contributed by atoms with Crippen molar-refractivity contribution in [3.05, 3.63) is 48.3 Å². The van der Waals surface area contributed by atoms with Gasteiger partial charge in [-0.2, -0.15) is 0 Å². The van der Waals surface area contributed by atoms with Gasteiger partial charge in [-0.15, -0.1) is 6.58 Å². The van der Waals surface area contributed by atoms with Gasteiger partial charge in [0.1, 0.15) is 5.82 Å². The van der Waals surface area contributed by atoms with E-state index < -0.39 is 0 Å². The number of rotatable bonds is 8. The minimum atomic E-state index is -0.356. The summed E-state index contributed by atoms with van der Waals surface area (Å²) >= 11 is 0. The van der Waals surface area contributed by atoms with Gasteiger partial charge in [0.05, 0.1) is 6.10 Å². The zero-order valence-electron chi connectivity index (χ0n) is 11.3. The first-order chi connectivity index (χ1) is 9.20. The van der Waals surface area contributed by atoms with Crippen LogP contribution >= 0.6 is 0 Å². The van der Waals surface area contributed by atoms with E-state index in [1.165, 1.54) is 6.07 Å². The van der Waals surface area contributed by atoms with Gasteiger partial charge < -0.3 is 5.11 Å². The highest BCUT2D eigenvalue weighted by molar-refractivity contribution is 5.17. The van der Waals surface area contributed by atoms with Crippen molar-refractivity contribution in [3.8, 4) is 0 Å². The van der Waals surface area contributed by atoms with Gasteiger partial charge in [0.2, 0.25) is 0 Å². The molecule has 0 radical (unpaired) electrons. The zero-order chi connectivity index (χ0) is 13.7. The van der Waals surface area contributed by atoms with Crippen molar-refractivity contribution < 1.29 is 9.50 Å². The first-order valence-corrected chi connectivity index (χ1v) is 6.97. The fourth-order valence-electron chi connectivity index (χ4n) is 2.30. The van der Waals surface area contributed by atoms with Gasteiger partial charge in [-0.25, -0.2) is 4.39 Å². The highest BCUT2D eigenvalue weighted by atomic mass is 19.1. The molecule has 1 aromatic carbocycles. The Bertz CT molecular complexity index is 417. The molecule has 1 aliphatic carbocycles. The van der Waals surface area contributed by atoms with Gasteiger partial charge in [-0.05, 0) is 31.7 Å². The van der Waals surface area contributed by atoms with E-state index in [1.807, 2.05) is 18.2 Å². The Hall–Kier alpha value is -1.19. The van der Waals surface area contributed by atoms with Crippen LogP contribution in [0.5, 0.6) is 0 Å². The second-order valence-corrected chi connectivity index (χ2v) is 5.27. The van der Waals surface area contributed by atoms with Crippen molar-refractivity contribution in [2.75, 3.05) is 6.54 Å². The number of aliphatic hydroxyl groups excluding tert-OH is 1. The van der Waals surface area contributed by atoms with Gasteiger partial charge in [-0.1, -0.05) is 24.3 Å². The average molecular weight is 263 g/mol. The summed E-state index contributed by atoms with van der Waals surface area (Å²) < 4.78 is 13.7. The lowest BCUT2D eigenvalue weighted by molar-refractivity contribution is 0.0974. The maximum atomic E-state index is 13.7. The molecule has 0 bridgehead atoms. The Morgan fingerprint density at radius 3 is 2.79 bits per heavy atom. The van der Waals surface area contributed by atoms with Crippen LogP contribution < -0.4 is 0 Å². The van der Waals surface area contributed by atoms with E-state index in [0.29, 0.717) is 24.7 Å². The van der Waals surface area contributed by atoms with Crippen LogP contribution in [0.4, 0.5) is 4.39 Å². The van der Waals surface area contributed by atoms with E-state index in [4.69, 9.17) is 0 Å². The second-order valence-electron chi connectivity index (χ2n) is 5.27. The van der Waals surface area contributed by atoms with Crippen molar-refractivity contribution in [1.82, 2.24) is 4.90 Å². The van der Waals surface area contributed by atoms with E-state index in [-0.39, 0.29) is 11.9 Å². The second kappa shape index (κ2) is 6.83. The smallest absolute Gasteiger partial charge is 0.127 e. The molecule has 0 saturated heterocycles. The molecule has 19 heavy (non-hydrogen) atoms. The van der Waals surface area contributed by atoms with Crippen LogP contribution in [0.1, 0.15) is 31.2 Å². The molecule has 1 aliphatic rings. The lowest BCUT2D eigenvalue weighted by Gasteiger charge is -2.25. The predicted octanol–water partition coefficient (Wildman–Crippen LogP) is 3.12. The highest BCUT2D eigenvalue weighted by Gasteiger charge is 2.30. The van der Waals surface area contributed by atoms with Crippen LogP contribution in [-0.2, 0) is 6.54 Å². The number of nitrogens with zero attached hydrogens (tertiary/aromatic N) is 1. The maximum Gasteiger partial charge on any atom is 0.127 e. The fraction of sp³-hybridized carbons (Fsp3) is 0.500. The largest absolute Gasteiger partial charge is 0.392 e. The van der Waals surface area contributed by atoms with Crippen LogP contribution in [0.3, 0.4) is 0 Å². The maximum absolute atomic E-state index is 13.7. The van der Waals surface area contributed by atoms with Gasteiger partial charge in [0.25, 0.3) is 0 Å². The quantitative estimate of drug-likeness (QED) is 0.728. The number of halogens is 1. The molecule has 0 aromatic heterocycles. The van der Waals surface area contributed by atoms with Crippen LogP contribution in [0.25, 0.3) is 0 Å². The number of benzene rings is 1. The SMILES string of the molecule is C=CCCC(O)CN(Cc1ccccc1F)C1CC1. The topological polar surface area (TPSA) is 23.5 Å². The molecular weight excluding hydrogens is 241 g/mol. The van der Waals surface area contributed by atoms with Gasteiger partial charge in [-0.3, -0.25) is 4.90 Å². The molecule has 104 valence electrons. The Morgan fingerprint density at radius 2 is 2.16 bits per heavy atom. The lowest BCUT2D eigenvalue weighted by Crippen LogP contribution is -2.34. The Labute approximate surface area is 114 Å². The van der Waals surface area contributed by atoms with Crippen molar-refractivity contribution in [3.63, 3.8) is 0 Å². The lowest BCUT2D eigenvalue weighted by atomic mass is 10.1. The van der Waals surface area contributed by atoms with Crippen LogP contribution in [0.2, 0.25) is 0 Å². The molecule has 1 N–H and O–H groups in total. The molecule has 0 aliphatic heterocycles. The standard InChI is InChI=1S/C16H22FNO/c1-2-3-7-15(19)12-18(14-9-10-14)11-13-6-4-5-8-16(13)17/h2,4-6,8,14-15,19H,1,3,7,9-12H2. The van der Waals surface area contributed by atoms with E-state index in [9.17, 15) is 9.50 Å². The predicted molar refractivity (Wildman–Crippen MR) is 75.3 cm³/mol. The number of aliphatic hydroxyl groups is 1. The number of allylic oxidation sites excluding steroid dienone is 1. The summed E-state index contributed by atoms with van der Waals surface area (Å²) in [6.45, 7) is 4.87. The van der Waals surface area contributed by atoms with Crippen molar-refractivity contribution >= 4 is 0 Å². The zero-order valence-corrected chi connectivity index (χ0v) is 11.3. The average Bonchev–Trinajstić information content (AvgIpc) is 3.22. The van der Waals surface area contributed by atoms with E-state index in [1.54, 1.807) is 6.07 Å². The normalized spacial score (nSPS) is 16.6. The summed E-state index contributed by atoms with van der Waals surface area (Å²) in [6, 6.07) is 7.39. The molecule has 0 spiro atoms. The van der Waals surface area contributed by atoms with Crippen molar-refractivity contribution in [1.29, 1.82) is 0 Å². The molecule has 1 atom stereocenters. The van der Waals surface area contributed by atoms with Gasteiger partial charge >= 0.3 is 0 Å². The monoisotopic (exact) mass is 263 g/mol. The number of hydrogen-bond acceptors (Lipinski definition) is 2.